The summed E-state index contributed by atoms with van der Waals surface area (Å²) in [4.78, 5) is 0. The fraction of sp³-hybridized carbons (Fsp3) is 0.357. The lowest BCUT2D eigenvalue weighted by Gasteiger charge is -2.38. The van der Waals surface area contributed by atoms with Crippen LogP contribution in [0.25, 0.3) is 0 Å². The van der Waals surface area contributed by atoms with E-state index >= 15 is 0 Å². The number of halogens is 3. The van der Waals surface area contributed by atoms with E-state index in [1.54, 1.807) is 18.2 Å². The number of alkyl halides is 3. The number of rotatable bonds is 0. The number of fused-ring (bicyclic) bond motifs is 1. The molecule has 0 spiro atoms. The van der Waals surface area contributed by atoms with E-state index in [1.807, 2.05) is 0 Å². The summed E-state index contributed by atoms with van der Waals surface area (Å²) in [5.74, 6) is 5.20. The lowest BCUT2D eigenvalue weighted by molar-refractivity contribution is -0.177. The third-order valence-electron chi connectivity index (χ3n) is 3.35. The average molecular weight is 296 g/mol. The fourth-order valence-corrected chi connectivity index (χ4v) is 2.40. The van der Waals surface area contributed by atoms with Crippen molar-refractivity contribution in [3.8, 4) is 11.8 Å². The van der Waals surface area contributed by atoms with E-state index in [1.165, 1.54) is 6.07 Å². The van der Waals surface area contributed by atoms with Gasteiger partial charge in [-0.25, -0.2) is 0 Å². The van der Waals surface area contributed by atoms with Gasteiger partial charge in [-0.05, 0) is 31.1 Å². The minimum atomic E-state index is -4.56. The Bertz CT molecular complexity index is 625. The number of hydrogen-bond acceptors (Lipinski definition) is 1. The van der Waals surface area contributed by atoms with E-state index in [-0.39, 0.29) is 16.6 Å². The highest BCUT2D eigenvalue weighted by molar-refractivity contribution is 7.80. The molecule has 0 bridgehead atoms. The van der Waals surface area contributed by atoms with Crippen LogP contribution in [0.4, 0.5) is 18.9 Å². The molecule has 0 saturated heterocycles. The average Bonchev–Trinajstić information content (AvgIpc) is 3.18. The highest BCUT2D eigenvalue weighted by Crippen LogP contribution is 2.44. The molecule has 0 amide bonds. The molecule has 1 heterocycles. The Kier molecular flexibility index (Phi) is 2.91. The third-order valence-corrected chi connectivity index (χ3v) is 3.55. The van der Waals surface area contributed by atoms with Gasteiger partial charge in [0.2, 0.25) is 5.54 Å². The van der Waals surface area contributed by atoms with Gasteiger partial charge in [-0.15, -0.1) is 0 Å². The van der Waals surface area contributed by atoms with Gasteiger partial charge in [0.1, 0.15) is 0 Å². The van der Waals surface area contributed by atoms with Crippen molar-refractivity contribution in [2.24, 2.45) is 5.92 Å². The first kappa shape index (κ1) is 13.3. The molecule has 104 valence electrons. The van der Waals surface area contributed by atoms with Crippen LogP contribution in [0.2, 0.25) is 0 Å². The molecule has 2 N–H and O–H groups in total. The Morgan fingerprint density at radius 1 is 1.25 bits per heavy atom. The maximum atomic E-state index is 13.7. The van der Waals surface area contributed by atoms with E-state index in [4.69, 9.17) is 12.2 Å². The predicted molar refractivity (Wildman–Crippen MR) is 74.0 cm³/mol. The second-order valence-corrected chi connectivity index (χ2v) is 5.32. The molecular weight excluding hydrogens is 285 g/mol. The van der Waals surface area contributed by atoms with Crippen LogP contribution in [0.5, 0.6) is 0 Å². The SMILES string of the molecule is FC(F)(F)C1(C#CC2CC2)NC(=S)Nc2ccccc21. The van der Waals surface area contributed by atoms with Gasteiger partial charge in [0, 0.05) is 17.2 Å². The zero-order chi connectivity index (χ0) is 14.4. The number of nitrogens with one attached hydrogen (secondary N) is 2. The van der Waals surface area contributed by atoms with Gasteiger partial charge < -0.3 is 10.6 Å². The standard InChI is InChI=1S/C14H11F3N2S/c15-14(16,17)13(8-7-9-5-6-9)10-3-1-2-4-11(10)18-12(20)19-13/h1-4,9H,5-6H2,(H2,18,19,20). The molecule has 1 aromatic rings. The molecule has 1 aromatic carbocycles. The quantitative estimate of drug-likeness (QED) is 0.568. The van der Waals surface area contributed by atoms with Gasteiger partial charge in [0.15, 0.2) is 5.11 Å². The second-order valence-electron chi connectivity index (χ2n) is 4.92. The van der Waals surface area contributed by atoms with Crippen LogP contribution in [0, 0.1) is 17.8 Å². The number of anilines is 1. The highest BCUT2D eigenvalue weighted by atomic mass is 32.1. The number of para-hydroxylation sites is 1. The lowest BCUT2D eigenvalue weighted by Crippen LogP contribution is -2.59. The minimum Gasteiger partial charge on any atom is -0.335 e. The van der Waals surface area contributed by atoms with Gasteiger partial charge in [-0.2, -0.15) is 13.2 Å². The fourth-order valence-electron chi connectivity index (χ4n) is 2.14. The number of hydrogen-bond donors (Lipinski definition) is 2. The molecule has 1 saturated carbocycles. The van der Waals surface area contributed by atoms with Gasteiger partial charge in [-0.3, -0.25) is 0 Å². The van der Waals surface area contributed by atoms with Crippen LogP contribution < -0.4 is 10.6 Å². The van der Waals surface area contributed by atoms with Crippen molar-refractivity contribution >= 4 is 23.0 Å². The number of thiocarbonyl (C=S) groups is 1. The summed E-state index contributed by atoms with van der Waals surface area (Å²) in [6, 6.07) is 6.22. The summed E-state index contributed by atoms with van der Waals surface area (Å²) in [6.45, 7) is 0. The summed E-state index contributed by atoms with van der Waals surface area (Å²) in [5.41, 5.74) is -2.01. The van der Waals surface area contributed by atoms with Crippen LogP contribution >= 0.6 is 12.2 Å². The van der Waals surface area contributed by atoms with Crippen LogP contribution in [0.15, 0.2) is 24.3 Å². The Labute approximate surface area is 119 Å². The third kappa shape index (κ3) is 2.12. The van der Waals surface area contributed by atoms with Crippen molar-refractivity contribution in [3.05, 3.63) is 29.8 Å². The van der Waals surface area contributed by atoms with E-state index in [0.29, 0.717) is 5.69 Å². The van der Waals surface area contributed by atoms with E-state index in [0.717, 1.165) is 12.8 Å². The van der Waals surface area contributed by atoms with Crippen molar-refractivity contribution < 1.29 is 13.2 Å². The van der Waals surface area contributed by atoms with Gasteiger partial charge in [0.25, 0.3) is 0 Å². The number of benzene rings is 1. The molecule has 0 radical (unpaired) electrons. The maximum absolute atomic E-state index is 13.7. The molecule has 2 aliphatic rings. The Balaban J connectivity index is 2.19. The minimum absolute atomic E-state index is 0.0638. The summed E-state index contributed by atoms with van der Waals surface area (Å²) < 4.78 is 41.0. The maximum Gasteiger partial charge on any atom is 0.427 e. The normalized spacial score (nSPS) is 24.9. The first-order chi connectivity index (χ1) is 9.42. The Hall–Kier alpha value is -1.74. The first-order valence-electron chi connectivity index (χ1n) is 6.20. The predicted octanol–water partition coefficient (Wildman–Crippen LogP) is 3.16. The lowest BCUT2D eigenvalue weighted by atomic mass is 9.86. The van der Waals surface area contributed by atoms with Crippen molar-refractivity contribution in [1.29, 1.82) is 0 Å². The van der Waals surface area contributed by atoms with E-state index in [2.05, 4.69) is 22.5 Å². The molecular formula is C14H11F3N2S. The van der Waals surface area contributed by atoms with E-state index in [9.17, 15) is 13.2 Å². The van der Waals surface area contributed by atoms with Gasteiger partial charge in [0.05, 0.1) is 0 Å². The van der Waals surface area contributed by atoms with Crippen LogP contribution in [-0.4, -0.2) is 11.3 Å². The van der Waals surface area contributed by atoms with Crippen molar-refractivity contribution in [1.82, 2.24) is 5.32 Å². The van der Waals surface area contributed by atoms with Crippen LogP contribution in [0.1, 0.15) is 18.4 Å². The molecule has 6 heteroatoms. The molecule has 1 unspecified atom stereocenters. The summed E-state index contributed by atoms with van der Waals surface area (Å²) >= 11 is 4.91. The van der Waals surface area contributed by atoms with Gasteiger partial charge >= 0.3 is 6.18 Å². The Morgan fingerprint density at radius 3 is 2.60 bits per heavy atom. The van der Waals surface area contributed by atoms with Crippen LogP contribution in [0.3, 0.4) is 0 Å². The van der Waals surface area contributed by atoms with Crippen molar-refractivity contribution in [3.63, 3.8) is 0 Å². The van der Waals surface area contributed by atoms with Gasteiger partial charge in [-0.1, -0.05) is 30.0 Å². The molecule has 0 aromatic heterocycles. The second kappa shape index (κ2) is 4.38. The molecule has 1 aliphatic heterocycles. The molecule has 1 atom stereocenters. The summed E-state index contributed by atoms with van der Waals surface area (Å²) in [6.07, 6.45) is -2.83. The topological polar surface area (TPSA) is 24.1 Å². The summed E-state index contributed by atoms with van der Waals surface area (Å²) in [5, 5.41) is 5.01. The molecule has 1 fully saturated rings. The monoisotopic (exact) mass is 296 g/mol. The Morgan fingerprint density at radius 2 is 1.95 bits per heavy atom. The molecule has 3 rings (SSSR count). The largest absolute Gasteiger partial charge is 0.427 e. The van der Waals surface area contributed by atoms with Crippen molar-refractivity contribution in [2.45, 2.75) is 24.6 Å². The van der Waals surface area contributed by atoms with Crippen LogP contribution in [-0.2, 0) is 5.54 Å². The first-order valence-corrected chi connectivity index (χ1v) is 6.61. The zero-order valence-electron chi connectivity index (χ0n) is 10.3. The van der Waals surface area contributed by atoms with Crippen molar-refractivity contribution in [2.75, 3.05) is 5.32 Å². The summed E-state index contributed by atoms with van der Waals surface area (Å²) in [7, 11) is 0. The smallest absolute Gasteiger partial charge is 0.335 e. The van der Waals surface area contributed by atoms with E-state index < -0.39 is 11.7 Å². The molecule has 2 nitrogen and oxygen atoms in total. The zero-order valence-corrected chi connectivity index (χ0v) is 11.2. The highest BCUT2D eigenvalue weighted by Gasteiger charge is 2.58. The molecule has 20 heavy (non-hydrogen) atoms. The molecule has 1 aliphatic carbocycles.